The Morgan fingerprint density at radius 1 is 1.32 bits per heavy atom. The van der Waals surface area contributed by atoms with Crippen molar-refractivity contribution in [1.82, 2.24) is 19.7 Å². The molecule has 0 saturated heterocycles. The molecule has 1 aromatic carbocycles. The first-order valence-corrected chi connectivity index (χ1v) is 10.1. The van der Waals surface area contributed by atoms with Crippen LogP contribution in [0.4, 0.5) is 10.2 Å². The van der Waals surface area contributed by atoms with Crippen LogP contribution in [0.5, 0.6) is 5.75 Å². The van der Waals surface area contributed by atoms with Gasteiger partial charge >= 0.3 is 5.97 Å². The van der Waals surface area contributed by atoms with Crippen LogP contribution in [0.2, 0.25) is 0 Å². The number of pyridine rings is 1. The van der Waals surface area contributed by atoms with E-state index < -0.39 is 11.8 Å². The number of benzene rings is 1. The van der Waals surface area contributed by atoms with Crippen LogP contribution in [0.25, 0.3) is 11.5 Å². The molecule has 2 aromatic heterocycles. The van der Waals surface area contributed by atoms with Crippen molar-refractivity contribution in [2.75, 3.05) is 19.0 Å². The lowest BCUT2D eigenvalue weighted by Gasteiger charge is -2.12. The quantitative estimate of drug-likeness (QED) is 0.262. The van der Waals surface area contributed by atoms with Gasteiger partial charge in [-0.2, -0.15) is 0 Å². The van der Waals surface area contributed by atoms with Gasteiger partial charge in [-0.1, -0.05) is 6.07 Å². The molecule has 9 nitrogen and oxygen atoms in total. The molecule has 0 aliphatic heterocycles. The first-order chi connectivity index (χ1) is 15.0. The standard InChI is InChI=1S/C20H19BrFN5O4/c1-30-20(29)13-9-15(22)14(21)10-17(13)31-8-3-2-7-27-11-24-26-19(27)16-5-4-6-18(25-16)23-12-28/h4-6,9-12H,2-3,7-8H2,1H3,(H,23,25,28). The van der Waals surface area contributed by atoms with E-state index in [4.69, 9.17) is 4.74 Å². The molecule has 11 heteroatoms. The number of nitrogens with zero attached hydrogens (tertiary/aromatic N) is 4. The molecule has 31 heavy (non-hydrogen) atoms. The molecule has 1 amide bonds. The van der Waals surface area contributed by atoms with E-state index in [1.165, 1.54) is 13.2 Å². The van der Waals surface area contributed by atoms with Crippen molar-refractivity contribution in [3.63, 3.8) is 0 Å². The number of amides is 1. The number of halogens is 2. The van der Waals surface area contributed by atoms with Crippen molar-refractivity contribution in [1.29, 1.82) is 0 Å². The van der Waals surface area contributed by atoms with E-state index in [-0.39, 0.29) is 15.8 Å². The number of esters is 1. The average Bonchev–Trinajstić information content (AvgIpc) is 3.24. The van der Waals surface area contributed by atoms with Gasteiger partial charge in [0.2, 0.25) is 6.41 Å². The monoisotopic (exact) mass is 491 g/mol. The average molecular weight is 492 g/mol. The predicted octanol–water partition coefficient (Wildman–Crippen LogP) is 3.46. The van der Waals surface area contributed by atoms with Crippen LogP contribution in [0.3, 0.4) is 0 Å². The fraction of sp³-hybridized carbons (Fsp3) is 0.250. The zero-order valence-electron chi connectivity index (χ0n) is 16.5. The second-order valence-electron chi connectivity index (χ2n) is 6.33. The predicted molar refractivity (Wildman–Crippen MR) is 113 cm³/mol. The number of carbonyl (C=O) groups excluding carboxylic acids is 2. The number of aromatic nitrogens is 4. The van der Waals surface area contributed by atoms with Gasteiger partial charge in [-0.05, 0) is 53.0 Å². The highest BCUT2D eigenvalue weighted by Crippen LogP contribution is 2.27. The summed E-state index contributed by atoms with van der Waals surface area (Å²) in [5.41, 5.74) is 0.610. The van der Waals surface area contributed by atoms with Crippen molar-refractivity contribution < 1.29 is 23.5 Å². The summed E-state index contributed by atoms with van der Waals surface area (Å²) >= 11 is 3.09. The molecule has 0 aliphatic rings. The summed E-state index contributed by atoms with van der Waals surface area (Å²) in [7, 11) is 1.22. The summed E-state index contributed by atoms with van der Waals surface area (Å²) < 4.78 is 26.2. The maximum absolute atomic E-state index is 13.8. The smallest absolute Gasteiger partial charge is 0.341 e. The van der Waals surface area contributed by atoms with Gasteiger partial charge in [-0.15, -0.1) is 10.2 Å². The van der Waals surface area contributed by atoms with Crippen molar-refractivity contribution in [3.05, 3.63) is 52.5 Å². The van der Waals surface area contributed by atoms with E-state index in [9.17, 15) is 14.0 Å². The minimum atomic E-state index is -0.672. The first-order valence-electron chi connectivity index (χ1n) is 9.29. The van der Waals surface area contributed by atoms with Crippen LogP contribution >= 0.6 is 15.9 Å². The molecular weight excluding hydrogens is 473 g/mol. The van der Waals surface area contributed by atoms with E-state index in [0.717, 1.165) is 12.5 Å². The molecule has 3 aromatic rings. The number of aryl methyl sites for hydroxylation is 1. The fourth-order valence-corrected chi connectivity index (χ4v) is 3.12. The van der Waals surface area contributed by atoms with Crippen molar-refractivity contribution >= 4 is 34.1 Å². The lowest BCUT2D eigenvalue weighted by Crippen LogP contribution is -2.08. The van der Waals surface area contributed by atoms with Crippen LogP contribution in [0.15, 0.2) is 41.1 Å². The second-order valence-corrected chi connectivity index (χ2v) is 7.18. The van der Waals surface area contributed by atoms with E-state index in [2.05, 4.69) is 41.2 Å². The lowest BCUT2D eigenvalue weighted by molar-refractivity contribution is -0.105. The zero-order valence-corrected chi connectivity index (χ0v) is 18.1. The van der Waals surface area contributed by atoms with Crippen LogP contribution in [0, 0.1) is 5.82 Å². The molecule has 0 atom stereocenters. The highest BCUT2D eigenvalue weighted by Gasteiger charge is 2.17. The molecule has 0 spiro atoms. The highest BCUT2D eigenvalue weighted by atomic mass is 79.9. The summed E-state index contributed by atoms with van der Waals surface area (Å²) in [6, 6.07) is 7.70. The summed E-state index contributed by atoms with van der Waals surface area (Å²) in [4.78, 5) is 26.8. The number of nitrogens with one attached hydrogen (secondary N) is 1. The van der Waals surface area contributed by atoms with Crippen molar-refractivity contribution in [2.45, 2.75) is 19.4 Å². The van der Waals surface area contributed by atoms with Crippen molar-refractivity contribution in [2.24, 2.45) is 0 Å². The Bertz CT molecular complexity index is 1080. The zero-order chi connectivity index (χ0) is 22.2. The number of hydrogen-bond donors (Lipinski definition) is 1. The summed E-state index contributed by atoms with van der Waals surface area (Å²) in [5.74, 6) is -0.00901. The maximum Gasteiger partial charge on any atom is 0.341 e. The van der Waals surface area contributed by atoms with E-state index in [1.54, 1.807) is 24.5 Å². The van der Waals surface area contributed by atoms with Crippen LogP contribution < -0.4 is 10.1 Å². The van der Waals surface area contributed by atoms with E-state index in [1.807, 2.05) is 4.57 Å². The summed E-state index contributed by atoms with van der Waals surface area (Å²) in [6.45, 7) is 0.923. The van der Waals surface area contributed by atoms with Gasteiger partial charge in [0.1, 0.15) is 35.0 Å². The maximum atomic E-state index is 13.8. The molecule has 0 radical (unpaired) electrons. The molecule has 3 rings (SSSR count). The molecule has 0 unspecified atom stereocenters. The van der Waals surface area contributed by atoms with E-state index in [0.29, 0.717) is 43.3 Å². The van der Waals surface area contributed by atoms with Gasteiger partial charge in [0.25, 0.3) is 0 Å². The Kier molecular flexibility index (Phi) is 7.65. The molecule has 1 N–H and O–H groups in total. The number of ether oxygens (including phenoxy) is 2. The summed E-state index contributed by atoms with van der Waals surface area (Å²) in [6.07, 6.45) is 3.55. The van der Waals surface area contributed by atoms with Crippen molar-refractivity contribution in [3.8, 4) is 17.3 Å². The molecule has 0 saturated carbocycles. The van der Waals surface area contributed by atoms with Gasteiger partial charge in [-0.3, -0.25) is 4.79 Å². The highest BCUT2D eigenvalue weighted by molar-refractivity contribution is 9.10. The summed E-state index contributed by atoms with van der Waals surface area (Å²) in [5, 5.41) is 10.5. The first kappa shape index (κ1) is 22.3. The number of carbonyl (C=O) groups is 2. The van der Waals surface area contributed by atoms with Crippen LogP contribution in [-0.2, 0) is 16.1 Å². The molecule has 0 bridgehead atoms. The third kappa shape index (κ3) is 5.63. The Hall–Kier alpha value is -3.34. The third-order valence-electron chi connectivity index (χ3n) is 4.28. The van der Waals surface area contributed by atoms with E-state index >= 15 is 0 Å². The number of unbranched alkanes of at least 4 members (excludes halogenated alkanes) is 1. The Balaban J connectivity index is 1.58. The number of hydrogen-bond acceptors (Lipinski definition) is 7. The minimum absolute atomic E-state index is 0.0270. The van der Waals surface area contributed by atoms with Gasteiger partial charge in [-0.25, -0.2) is 14.2 Å². The molecular formula is C20H19BrFN5O4. The SMILES string of the molecule is COC(=O)c1cc(F)c(Br)cc1OCCCCn1cnnc1-c1cccc(NC=O)n1. The Morgan fingerprint density at radius 3 is 2.94 bits per heavy atom. The number of anilines is 1. The Labute approximate surface area is 185 Å². The minimum Gasteiger partial charge on any atom is -0.493 e. The van der Waals surface area contributed by atoms with Crippen LogP contribution in [0.1, 0.15) is 23.2 Å². The molecule has 2 heterocycles. The Morgan fingerprint density at radius 2 is 2.16 bits per heavy atom. The third-order valence-corrected chi connectivity index (χ3v) is 4.89. The van der Waals surface area contributed by atoms with Gasteiger partial charge in [0.15, 0.2) is 5.82 Å². The normalized spacial score (nSPS) is 10.5. The molecule has 0 fully saturated rings. The van der Waals surface area contributed by atoms with Gasteiger partial charge in [0, 0.05) is 6.54 Å². The number of methoxy groups -OCH3 is 1. The second kappa shape index (κ2) is 10.6. The fourth-order valence-electron chi connectivity index (χ4n) is 2.80. The van der Waals surface area contributed by atoms with Gasteiger partial charge < -0.3 is 19.4 Å². The molecule has 162 valence electrons. The topological polar surface area (TPSA) is 108 Å². The van der Waals surface area contributed by atoms with Crippen LogP contribution in [-0.4, -0.2) is 45.8 Å². The lowest BCUT2D eigenvalue weighted by atomic mass is 10.2. The molecule has 0 aliphatic carbocycles. The largest absolute Gasteiger partial charge is 0.493 e. The number of rotatable bonds is 10. The van der Waals surface area contributed by atoms with Gasteiger partial charge in [0.05, 0.1) is 18.2 Å².